The summed E-state index contributed by atoms with van der Waals surface area (Å²) in [6, 6.07) is 0.546. The van der Waals surface area contributed by atoms with Gasteiger partial charge in [0, 0.05) is 25.2 Å². The van der Waals surface area contributed by atoms with Crippen molar-refractivity contribution in [3.63, 3.8) is 0 Å². The van der Waals surface area contributed by atoms with Crippen molar-refractivity contribution in [1.82, 2.24) is 15.1 Å². The Balaban J connectivity index is 2.53. The second-order valence-corrected chi connectivity index (χ2v) is 4.76. The van der Waals surface area contributed by atoms with Crippen molar-refractivity contribution in [2.45, 2.75) is 52.5 Å². The summed E-state index contributed by atoms with van der Waals surface area (Å²) < 4.78 is 1.97. The average molecular weight is 247 g/mol. The van der Waals surface area contributed by atoms with Crippen LogP contribution in [0.4, 0.5) is 0 Å². The van der Waals surface area contributed by atoms with Crippen LogP contribution < -0.4 is 5.32 Å². The van der Waals surface area contributed by atoms with Gasteiger partial charge in [0.15, 0.2) is 0 Å². The quantitative estimate of drug-likeness (QED) is 0.782. The maximum atomic E-state index is 4.46. The number of hydrogen-bond donors (Lipinski definition) is 1. The van der Waals surface area contributed by atoms with E-state index in [0.29, 0.717) is 6.04 Å². The molecule has 1 aromatic heterocycles. The maximum absolute atomic E-state index is 4.46. The van der Waals surface area contributed by atoms with Crippen molar-refractivity contribution in [2.75, 3.05) is 7.05 Å². The zero-order chi connectivity index (χ0) is 13.5. The number of aryl methyl sites for hydroxylation is 2. The normalized spacial score (nSPS) is 12.1. The van der Waals surface area contributed by atoms with E-state index in [9.17, 15) is 0 Å². The number of hydrogen-bond acceptors (Lipinski definition) is 2. The third-order valence-electron chi connectivity index (χ3n) is 3.60. The minimum absolute atomic E-state index is 0.546. The molecule has 0 radical (unpaired) electrons. The molecular formula is C15H25N3. The summed E-state index contributed by atoms with van der Waals surface area (Å²) >= 11 is 0. The van der Waals surface area contributed by atoms with Gasteiger partial charge in [0.05, 0.1) is 5.69 Å². The van der Waals surface area contributed by atoms with Crippen LogP contribution in [0.15, 0.2) is 0 Å². The van der Waals surface area contributed by atoms with Gasteiger partial charge in [0.25, 0.3) is 0 Å². The Hall–Kier alpha value is -1.27. The highest BCUT2D eigenvalue weighted by molar-refractivity contribution is 5.24. The number of nitrogens with one attached hydrogen (secondary N) is 1. The average Bonchev–Trinajstić information content (AvgIpc) is 2.59. The van der Waals surface area contributed by atoms with Crippen LogP contribution in [0, 0.1) is 25.7 Å². The van der Waals surface area contributed by atoms with Gasteiger partial charge in [-0.2, -0.15) is 5.10 Å². The molecule has 0 spiro atoms. The van der Waals surface area contributed by atoms with Crippen LogP contribution in [0.2, 0.25) is 0 Å². The van der Waals surface area contributed by atoms with Crippen LogP contribution >= 0.6 is 0 Å². The van der Waals surface area contributed by atoms with Crippen LogP contribution in [-0.4, -0.2) is 22.9 Å². The predicted octanol–water partition coefficient (Wildman–Crippen LogP) is 2.36. The van der Waals surface area contributed by atoms with Crippen LogP contribution in [0.1, 0.15) is 43.1 Å². The summed E-state index contributed by atoms with van der Waals surface area (Å²) in [5.74, 6) is 6.08. The highest BCUT2D eigenvalue weighted by Gasteiger charge is 2.12. The molecule has 0 amide bonds. The third kappa shape index (κ3) is 3.89. The standard InChI is InChI=1S/C15H25N3/c1-6-7-8-9-14(16-4)10-11-15-12(2)17-18(5)13(15)3/h14,16H,8-11H2,1-5H3. The molecule has 3 nitrogen and oxygen atoms in total. The fraction of sp³-hybridized carbons (Fsp3) is 0.667. The summed E-state index contributed by atoms with van der Waals surface area (Å²) in [7, 11) is 4.05. The van der Waals surface area contributed by atoms with Crippen LogP contribution in [0.25, 0.3) is 0 Å². The minimum Gasteiger partial charge on any atom is -0.317 e. The lowest BCUT2D eigenvalue weighted by molar-refractivity contribution is 0.494. The SMILES string of the molecule is CC#CCCC(CCc1c(C)nn(C)c1C)NC. The van der Waals surface area contributed by atoms with Gasteiger partial charge in [-0.3, -0.25) is 4.68 Å². The molecule has 0 saturated heterocycles. The van der Waals surface area contributed by atoms with Gasteiger partial charge < -0.3 is 5.32 Å². The highest BCUT2D eigenvalue weighted by atomic mass is 15.3. The molecule has 1 unspecified atom stereocenters. The van der Waals surface area contributed by atoms with E-state index in [0.717, 1.165) is 25.7 Å². The van der Waals surface area contributed by atoms with E-state index >= 15 is 0 Å². The molecule has 18 heavy (non-hydrogen) atoms. The lowest BCUT2D eigenvalue weighted by atomic mass is 10.0. The Bertz CT molecular complexity index is 435. The van der Waals surface area contributed by atoms with E-state index in [1.807, 2.05) is 25.7 Å². The first kappa shape index (κ1) is 14.8. The molecule has 0 aliphatic heterocycles. The molecule has 0 bridgehead atoms. The van der Waals surface area contributed by atoms with Crippen LogP contribution in [0.3, 0.4) is 0 Å². The molecule has 1 aromatic rings. The fourth-order valence-electron chi connectivity index (χ4n) is 2.30. The summed E-state index contributed by atoms with van der Waals surface area (Å²) in [6.45, 7) is 6.14. The lowest BCUT2D eigenvalue weighted by Crippen LogP contribution is -2.25. The van der Waals surface area contributed by atoms with Gasteiger partial charge in [-0.25, -0.2) is 0 Å². The van der Waals surface area contributed by atoms with Crippen molar-refractivity contribution >= 4 is 0 Å². The Morgan fingerprint density at radius 1 is 1.33 bits per heavy atom. The largest absolute Gasteiger partial charge is 0.317 e. The van der Waals surface area contributed by atoms with Gasteiger partial charge in [-0.1, -0.05) is 0 Å². The zero-order valence-corrected chi connectivity index (χ0v) is 12.3. The maximum Gasteiger partial charge on any atom is 0.0628 e. The molecule has 0 aliphatic carbocycles. The van der Waals surface area contributed by atoms with Crippen molar-refractivity contribution < 1.29 is 0 Å². The monoisotopic (exact) mass is 247 g/mol. The molecule has 0 fully saturated rings. The highest BCUT2D eigenvalue weighted by Crippen LogP contribution is 2.16. The molecule has 3 heteroatoms. The topological polar surface area (TPSA) is 29.9 Å². The molecular weight excluding hydrogens is 222 g/mol. The summed E-state index contributed by atoms with van der Waals surface area (Å²) in [5.41, 5.74) is 3.85. The van der Waals surface area contributed by atoms with E-state index < -0.39 is 0 Å². The van der Waals surface area contributed by atoms with E-state index in [4.69, 9.17) is 0 Å². The van der Waals surface area contributed by atoms with E-state index in [-0.39, 0.29) is 0 Å². The molecule has 1 rings (SSSR count). The summed E-state index contributed by atoms with van der Waals surface area (Å²) in [5, 5.41) is 7.85. The summed E-state index contributed by atoms with van der Waals surface area (Å²) in [6.07, 6.45) is 4.34. The minimum atomic E-state index is 0.546. The van der Waals surface area contributed by atoms with Gasteiger partial charge in [-0.15, -0.1) is 11.8 Å². The van der Waals surface area contributed by atoms with Crippen molar-refractivity contribution in [3.8, 4) is 11.8 Å². The summed E-state index contributed by atoms with van der Waals surface area (Å²) in [4.78, 5) is 0. The molecule has 1 N–H and O–H groups in total. The second-order valence-electron chi connectivity index (χ2n) is 4.76. The van der Waals surface area contributed by atoms with E-state index in [1.165, 1.54) is 17.0 Å². The molecule has 1 atom stereocenters. The zero-order valence-electron chi connectivity index (χ0n) is 12.3. The number of nitrogens with zero attached hydrogens (tertiary/aromatic N) is 2. The first-order valence-electron chi connectivity index (χ1n) is 6.66. The van der Waals surface area contributed by atoms with Gasteiger partial charge in [0.2, 0.25) is 0 Å². The van der Waals surface area contributed by atoms with Crippen LogP contribution in [0.5, 0.6) is 0 Å². The molecule has 0 aliphatic rings. The van der Waals surface area contributed by atoms with Gasteiger partial charge in [0.1, 0.15) is 0 Å². The van der Waals surface area contributed by atoms with Crippen molar-refractivity contribution in [1.29, 1.82) is 0 Å². The Labute approximate surface area is 111 Å². The predicted molar refractivity (Wildman–Crippen MR) is 76.5 cm³/mol. The molecule has 0 aromatic carbocycles. The van der Waals surface area contributed by atoms with E-state index in [2.05, 4.69) is 36.1 Å². The second kappa shape index (κ2) is 7.23. The van der Waals surface area contributed by atoms with Gasteiger partial charge >= 0.3 is 0 Å². The number of rotatable bonds is 6. The van der Waals surface area contributed by atoms with Crippen molar-refractivity contribution in [3.05, 3.63) is 17.0 Å². The van der Waals surface area contributed by atoms with Gasteiger partial charge in [-0.05, 0) is 52.6 Å². The Morgan fingerprint density at radius 3 is 2.56 bits per heavy atom. The lowest BCUT2D eigenvalue weighted by Gasteiger charge is -2.14. The first-order valence-corrected chi connectivity index (χ1v) is 6.66. The van der Waals surface area contributed by atoms with E-state index in [1.54, 1.807) is 0 Å². The first-order chi connectivity index (χ1) is 8.60. The molecule has 1 heterocycles. The third-order valence-corrected chi connectivity index (χ3v) is 3.60. The Kier molecular flexibility index (Phi) is 5.94. The Morgan fingerprint density at radius 2 is 2.06 bits per heavy atom. The van der Waals surface area contributed by atoms with Crippen molar-refractivity contribution in [2.24, 2.45) is 7.05 Å². The molecule has 100 valence electrons. The molecule has 0 saturated carbocycles. The number of aromatic nitrogens is 2. The fourth-order valence-corrected chi connectivity index (χ4v) is 2.30. The van der Waals surface area contributed by atoms with Crippen LogP contribution in [-0.2, 0) is 13.5 Å². The smallest absolute Gasteiger partial charge is 0.0628 e.